The maximum atomic E-state index is 12.3. The van der Waals surface area contributed by atoms with Crippen LogP contribution in [0.15, 0.2) is 55.3 Å². The Labute approximate surface area is 114 Å². The van der Waals surface area contributed by atoms with Gasteiger partial charge in [-0.2, -0.15) is 0 Å². The van der Waals surface area contributed by atoms with Crippen LogP contribution in [0.5, 0.6) is 0 Å². The SMILES string of the molecule is C=COCC(CC(=C)C)(C(=O)OC)c1ccccc1. The van der Waals surface area contributed by atoms with Gasteiger partial charge in [0, 0.05) is 0 Å². The lowest BCUT2D eigenvalue weighted by Crippen LogP contribution is -2.41. The summed E-state index contributed by atoms with van der Waals surface area (Å²) in [6.45, 7) is 9.49. The molecule has 0 heterocycles. The first-order valence-electron chi connectivity index (χ1n) is 6.07. The molecule has 1 rings (SSSR count). The summed E-state index contributed by atoms with van der Waals surface area (Å²) < 4.78 is 10.3. The Kier molecular flexibility index (Phi) is 5.37. The summed E-state index contributed by atoms with van der Waals surface area (Å²) in [6.07, 6.45) is 1.80. The Balaban J connectivity index is 3.28. The largest absolute Gasteiger partial charge is 0.500 e. The normalized spacial score (nSPS) is 13.2. The zero-order chi connectivity index (χ0) is 14.3. The van der Waals surface area contributed by atoms with Crippen LogP contribution in [-0.4, -0.2) is 19.7 Å². The monoisotopic (exact) mass is 260 g/mol. The van der Waals surface area contributed by atoms with Gasteiger partial charge in [-0.25, -0.2) is 0 Å². The van der Waals surface area contributed by atoms with Gasteiger partial charge in [-0.1, -0.05) is 42.5 Å². The summed E-state index contributed by atoms with van der Waals surface area (Å²) >= 11 is 0. The van der Waals surface area contributed by atoms with E-state index < -0.39 is 5.41 Å². The van der Waals surface area contributed by atoms with E-state index in [9.17, 15) is 4.79 Å². The van der Waals surface area contributed by atoms with Crippen molar-refractivity contribution in [3.8, 4) is 0 Å². The molecule has 0 N–H and O–H groups in total. The van der Waals surface area contributed by atoms with E-state index in [0.29, 0.717) is 6.42 Å². The first kappa shape index (κ1) is 15.0. The van der Waals surface area contributed by atoms with Crippen molar-refractivity contribution in [1.82, 2.24) is 0 Å². The predicted octanol–water partition coefficient (Wildman–Crippen LogP) is 3.22. The summed E-state index contributed by atoms with van der Waals surface area (Å²) in [5, 5.41) is 0. The van der Waals surface area contributed by atoms with E-state index in [0.717, 1.165) is 11.1 Å². The van der Waals surface area contributed by atoms with E-state index in [1.807, 2.05) is 37.3 Å². The minimum Gasteiger partial charge on any atom is -0.500 e. The molecule has 0 spiro atoms. The Morgan fingerprint density at radius 2 is 2.00 bits per heavy atom. The van der Waals surface area contributed by atoms with Crippen molar-refractivity contribution in [2.24, 2.45) is 0 Å². The molecule has 102 valence electrons. The van der Waals surface area contributed by atoms with E-state index in [-0.39, 0.29) is 12.6 Å². The number of allylic oxidation sites excluding steroid dienone is 1. The van der Waals surface area contributed by atoms with Crippen molar-refractivity contribution in [3.05, 3.63) is 60.9 Å². The van der Waals surface area contributed by atoms with Gasteiger partial charge >= 0.3 is 5.97 Å². The van der Waals surface area contributed by atoms with Gasteiger partial charge in [-0.3, -0.25) is 4.79 Å². The number of benzene rings is 1. The Bertz CT molecular complexity index is 450. The van der Waals surface area contributed by atoms with Crippen molar-refractivity contribution in [2.75, 3.05) is 13.7 Å². The zero-order valence-corrected chi connectivity index (χ0v) is 11.5. The minimum absolute atomic E-state index is 0.181. The Morgan fingerprint density at radius 1 is 1.37 bits per heavy atom. The van der Waals surface area contributed by atoms with E-state index in [2.05, 4.69) is 13.2 Å². The fourth-order valence-electron chi connectivity index (χ4n) is 2.15. The quantitative estimate of drug-likeness (QED) is 0.429. The van der Waals surface area contributed by atoms with E-state index >= 15 is 0 Å². The second kappa shape index (κ2) is 6.78. The average Bonchev–Trinajstić information content (AvgIpc) is 2.43. The first-order valence-corrected chi connectivity index (χ1v) is 6.07. The molecular weight excluding hydrogens is 240 g/mol. The van der Waals surface area contributed by atoms with Crippen molar-refractivity contribution in [3.63, 3.8) is 0 Å². The van der Waals surface area contributed by atoms with Crippen LogP contribution in [0.25, 0.3) is 0 Å². The molecule has 0 saturated heterocycles. The van der Waals surface area contributed by atoms with Gasteiger partial charge in [-0.15, -0.1) is 6.58 Å². The molecule has 0 saturated carbocycles. The molecule has 1 atom stereocenters. The highest BCUT2D eigenvalue weighted by Gasteiger charge is 2.42. The highest BCUT2D eigenvalue weighted by Crippen LogP contribution is 2.33. The van der Waals surface area contributed by atoms with Crippen molar-refractivity contribution in [1.29, 1.82) is 0 Å². The van der Waals surface area contributed by atoms with Gasteiger partial charge in [0.05, 0.1) is 13.4 Å². The van der Waals surface area contributed by atoms with E-state index in [1.165, 1.54) is 13.4 Å². The summed E-state index contributed by atoms with van der Waals surface area (Å²) in [5.41, 5.74) is 0.865. The molecule has 0 bridgehead atoms. The average molecular weight is 260 g/mol. The molecule has 1 unspecified atom stereocenters. The highest BCUT2D eigenvalue weighted by atomic mass is 16.5. The Morgan fingerprint density at radius 3 is 2.47 bits per heavy atom. The van der Waals surface area contributed by atoms with Gasteiger partial charge in [0.2, 0.25) is 0 Å². The smallest absolute Gasteiger partial charge is 0.320 e. The zero-order valence-electron chi connectivity index (χ0n) is 11.5. The fourth-order valence-corrected chi connectivity index (χ4v) is 2.15. The molecule has 1 aromatic rings. The number of carbonyl (C=O) groups excluding carboxylic acids is 1. The molecular formula is C16H20O3. The predicted molar refractivity (Wildman–Crippen MR) is 75.7 cm³/mol. The number of carbonyl (C=O) groups is 1. The van der Waals surface area contributed by atoms with Gasteiger partial charge in [0.15, 0.2) is 0 Å². The van der Waals surface area contributed by atoms with Crippen molar-refractivity contribution < 1.29 is 14.3 Å². The standard InChI is InChI=1S/C16H20O3/c1-5-19-12-16(11-13(2)3,15(17)18-4)14-9-7-6-8-10-14/h5-10H,1-2,11-12H2,3-4H3. The van der Waals surface area contributed by atoms with Crippen molar-refractivity contribution >= 4 is 5.97 Å². The van der Waals surface area contributed by atoms with Gasteiger partial charge < -0.3 is 9.47 Å². The molecule has 0 amide bonds. The minimum atomic E-state index is -0.879. The van der Waals surface area contributed by atoms with Crippen LogP contribution in [0.2, 0.25) is 0 Å². The van der Waals surface area contributed by atoms with Gasteiger partial charge in [0.25, 0.3) is 0 Å². The second-order valence-corrected chi connectivity index (χ2v) is 4.55. The van der Waals surface area contributed by atoms with Crippen LogP contribution in [0, 0.1) is 0 Å². The molecule has 19 heavy (non-hydrogen) atoms. The summed E-state index contributed by atoms with van der Waals surface area (Å²) in [5.74, 6) is -0.330. The molecule has 1 aromatic carbocycles. The summed E-state index contributed by atoms with van der Waals surface area (Å²) in [4.78, 5) is 12.3. The summed E-state index contributed by atoms with van der Waals surface area (Å²) in [7, 11) is 1.38. The first-order chi connectivity index (χ1) is 9.06. The number of esters is 1. The van der Waals surface area contributed by atoms with E-state index in [1.54, 1.807) is 0 Å². The van der Waals surface area contributed by atoms with Crippen LogP contribution in [0.1, 0.15) is 18.9 Å². The maximum absolute atomic E-state index is 12.3. The third kappa shape index (κ3) is 3.47. The lowest BCUT2D eigenvalue weighted by Gasteiger charge is -2.31. The molecule has 0 aliphatic carbocycles. The molecule has 0 aliphatic heterocycles. The Hall–Kier alpha value is -2.03. The molecule has 3 heteroatoms. The number of methoxy groups -OCH3 is 1. The number of hydrogen-bond donors (Lipinski definition) is 0. The van der Waals surface area contributed by atoms with Crippen molar-refractivity contribution in [2.45, 2.75) is 18.8 Å². The molecule has 0 radical (unpaired) electrons. The molecule has 3 nitrogen and oxygen atoms in total. The number of hydrogen-bond acceptors (Lipinski definition) is 3. The van der Waals surface area contributed by atoms with Crippen LogP contribution in [0.3, 0.4) is 0 Å². The third-order valence-electron chi connectivity index (χ3n) is 2.95. The third-order valence-corrected chi connectivity index (χ3v) is 2.95. The number of ether oxygens (including phenoxy) is 2. The fraction of sp³-hybridized carbons (Fsp3) is 0.312. The second-order valence-electron chi connectivity index (χ2n) is 4.55. The highest BCUT2D eigenvalue weighted by molar-refractivity contribution is 5.83. The van der Waals surface area contributed by atoms with Crippen LogP contribution in [-0.2, 0) is 19.7 Å². The lowest BCUT2D eigenvalue weighted by atomic mass is 9.76. The maximum Gasteiger partial charge on any atom is 0.320 e. The number of rotatable bonds is 7. The molecule has 0 aliphatic rings. The molecule has 0 aromatic heterocycles. The van der Waals surface area contributed by atoms with E-state index in [4.69, 9.17) is 9.47 Å². The van der Waals surface area contributed by atoms with Crippen LogP contribution < -0.4 is 0 Å². The van der Waals surface area contributed by atoms with Gasteiger partial charge in [-0.05, 0) is 18.9 Å². The molecule has 0 fully saturated rings. The van der Waals surface area contributed by atoms with Crippen LogP contribution in [0.4, 0.5) is 0 Å². The topological polar surface area (TPSA) is 35.5 Å². The summed E-state index contributed by atoms with van der Waals surface area (Å²) in [6, 6.07) is 9.47. The van der Waals surface area contributed by atoms with Crippen LogP contribution >= 0.6 is 0 Å². The van der Waals surface area contributed by atoms with Gasteiger partial charge in [0.1, 0.15) is 12.0 Å². The lowest BCUT2D eigenvalue weighted by molar-refractivity contribution is -0.149.